The number of H-pyrrole nitrogens is 1. The maximum Gasteiger partial charge on any atom is 0.274 e. The van der Waals surface area contributed by atoms with Gasteiger partial charge in [-0.05, 0) is 64.2 Å². The van der Waals surface area contributed by atoms with Gasteiger partial charge in [0.15, 0.2) is 0 Å². The van der Waals surface area contributed by atoms with Crippen molar-refractivity contribution in [2.75, 3.05) is 0 Å². The minimum Gasteiger partial charge on any atom is -0.507 e. The van der Waals surface area contributed by atoms with Gasteiger partial charge in [-0.2, -0.15) is 0 Å². The van der Waals surface area contributed by atoms with E-state index in [1.165, 1.54) is 4.68 Å². The Hall–Kier alpha value is -2.43. The highest BCUT2D eigenvalue weighted by Gasteiger charge is 2.31. The molecule has 0 atom stereocenters. The lowest BCUT2D eigenvalue weighted by Crippen LogP contribution is -2.35. The summed E-state index contributed by atoms with van der Waals surface area (Å²) in [5, 5.41) is 15.3. The lowest BCUT2D eigenvalue weighted by Gasteiger charge is -2.35. The molecule has 2 heterocycles. The van der Waals surface area contributed by atoms with E-state index in [2.05, 4.69) is 18.9 Å². The molecule has 0 fully saturated rings. The molecular formula is C21H28N2O3. The lowest BCUT2D eigenvalue weighted by atomic mass is 9.87. The van der Waals surface area contributed by atoms with E-state index in [4.69, 9.17) is 4.74 Å². The molecule has 0 spiro atoms. The monoisotopic (exact) mass is 356 g/mol. The van der Waals surface area contributed by atoms with Crippen LogP contribution in [-0.4, -0.2) is 20.5 Å². The topological polar surface area (TPSA) is 67.2 Å². The standard InChI is InChI=1S/C21H28N2O3/c1-7-8-17-16(20(25)23(6)22-17)11-15-14-9-10-21(4,5)26-19(14)13(3)12(2)18(15)24/h8,11,22,24H,7,9-10H2,1-6H3. The van der Waals surface area contributed by atoms with Gasteiger partial charge in [0.25, 0.3) is 5.56 Å². The second kappa shape index (κ2) is 6.38. The number of aryl methyl sites for hydroxylation is 1. The average Bonchev–Trinajstić information content (AvgIpc) is 2.84. The number of nitrogens with one attached hydrogen (secondary N) is 1. The van der Waals surface area contributed by atoms with Crippen LogP contribution in [0.4, 0.5) is 0 Å². The van der Waals surface area contributed by atoms with Crippen molar-refractivity contribution < 1.29 is 9.84 Å². The number of hydrogen-bond donors (Lipinski definition) is 2. The molecule has 1 aromatic heterocycles. The zero-order valence-corrected chi connectivity index (χ0v) is 16.5. The average molecular weight is 356 g/mol. The fourth-order valence-electron chi connectivity index (χ4n) is 3.57. The van der Waals surface area contributed by atoms with Crippen molar-refractivity contribution in [1.82, 2.24) is 9.78 Å². The van der Waals surface area contributed by atoms with Gasteiger partial charge in [0.2, 0.25) is 0 Å². The van der Waals surface area contributed by atoms with Crippen LogP contribution in [0.5, 0.6) is 11.5 Å². The van der Waals surface area contributed by atoms with Gasteiger partial charge in [-0.25, -0.2) is 0 Å². The van der Waals surface area contributed by atoms with E-state index in [0.717, 1.165) is 47.1 Å². The van der Waals surface area contributed by atoms with Crippen LogP contribution in [0.15, 0.2) is 4.79 Å². The smallest absolute Gasteiger partial charge is 0.274 e. The SMILES string of the molecule is CCC=c1[nH]n(C)c(=O)c1=Cc1c(O)c(C)c(C)c2c1CCC(C)(C)O2. The minimum absolute atomic E-state index is 0.104. The Labute approximate surface area is 153 Å². The molecule has 0 saturated carbocycles. The summed E-state index contributed by atoms with van der Waals surface area (Å²) in [7, 11) is 1.70. The van der Waals surface area contributed by atoms with E-state index in [0.29, 0.717) is 10.8 Å². The summed E-state index contributed by atoms with van der Waals surface area (Å²) >= 11 is 0. The summed E-state index contributed by atoms with van der Waals surface area (Å²) < 4.78 is 7.72. The van der Waals surface area contributed by atoms with Crippen molar-refractivity contribution in [3.8, 4) is 11.5 Å². The number of aromatic nitrogens is 2. The highest BCUT2D eigenvalue weighted by atomic mass is 16.5. The molecule has 0 aliphatic carbocycles. The number of hydrogen-bond acceptors (Lipinski definition) is 3. The van der Waals surface area contributed by atoms with Crippen molar-refractivity contribution in [2.45, 2.75) is 59.5 Å². The second-order valence-electron chi connectivity index (χ2n) is 7.74. The first-order chi connectivity index (χ1) is 12.2. The predicted octanol–water partition coefficient (Wildman–Crippen LogP) is 2.16. The molecular weight excluding hydrogens is 328 g/mol. The molecule has 5 nitrogen and oxygen atoms in total. The van der Waals surface area contributed by atoms with Gasteiger partial charge >= 0.3 is 0 Å². The molecule has 1 aliphatic rings. The van der Waals surface area contributed by atoms with Crippen LogP contribution in [0.3, 0.4) is 0 Å². The zero-order valence-electron chi connectivity index (χ0n) is 16.5. The first-order valence-electron chi connectivity index (χ1n) is 9.17. The van der Waals surface area contributed by atoms with Crippen molar-refractivity contribution in [3.63, 3.8) is 0 Å². The number of nitrogens with zero attached hydrogens (tertiary/aromatic N) is 1. The van der Waals surface area contributed by atoms with E-state index < -0.39 is 0 Å². The van der Waals surface area contributed by atoms with Crippen molar-refractivity contribution in [3.05, 3.63) is 43.2 Å². The molecule has 140 valence electrons. The van der Waals surface area contributed by atoms with E-state index in [-0.39, 0.29) is 16.9 Å². The number of aromatic amines is 1. The van der Waals surface area contributed by atoms with Crippen LogP contribution in [0, 0.1) is 13.8 Å². The third-order valence-electron chi connectivity index (χ3n) is 5.28. The van der Waals surface area contributed by atoms with Crippen LogP contribution >= 0.6 is 0 Å². The van der Waals surface area contributed by atoms with E-state index >= 15 is 0 Å². The zero-order chi connectivity index (χ0) is 19.2. The van der Waals surface area contributed by atoms with Gasteiger partial charge in [-0.1, -0.05) is 13.0 Å². The lowest BCUT2D eigenvalue weighted by molar-refractivity contribution is 0.0833. The van der Waals surface area contributed by atoms with E-state index in [1.807, 2.05) is 32.9 Å². The molecule has 3 rings (SSSR count). The van der Waals surface area contributed by atoms with Crippen molar-refractivity contribution in [1.29, 1.82) is 0 Å². The summed E-state index contributed by atoms with van der Waals surface area (Å²) in [6, 6.07) is 0. The number of fused-ring (bicyclic) bond motifs is 1. The first-order valence-corrected chi connectivity index (χ1v) is 9.17. The maximum absolute atomic E-state index is 12.6. The first kappa shape index (κ1) is 18.4. The molecule has 0 saturated heterocycles. The van der Waals surface area contributed by atoms with Crippen molar-refractivity contribution >= 4 is 12.2 Å². The molecule has 26 heavy (non-hydrogen) atoms. The predicted molar refractivity (Wildman–Crippen MR) is 104 cm³/mol. The normalized spacial score (nSPS) is 17.3. The Kier molecular flexibility index (Phi) is 4.51. The largest absolute Gasteiger partial charge is 0.507 e. The highest BCUT2D eigenvalue weighted by Crippen LogP contribution is 2.43. The van der Waals surface area contributed by atoms with Crippen LogP contribution < -0.4 is 20.9 Å². The minimum atomic E-state index is -0.232. The fourth-order valence-corrected chi connectivity index (χ4v) is 3.57. The Balaban J connectivity index is 2.37. The third kappa shape index (κ3) is 2.96. The molecule has 2 aromatic rings. The van der Waals surface area contributed by atoms with Crippen LogP contribution in [0.2, 0.25) is 0 Å². The molecule has 0 amide bonds. The van der Waals surface area contributed by atoms with E-state index in [9.17, 15) is 9.90 Å². The number of ether oxygens (including phenoxy) is 1. The van der Waals surface area contributed by atoms with Gasteiger partial charge in [0.1, 0.15) is 17.1 Å². The Bertz CT molecular complexity index is 1040. The highest BCUT2D eigenvalue weighted by molar-refractivity contribution is 5.69. The third-order valence-corrected chi connectivity index (χ3v) is 5.28. The van der Waals surface area contributed by atoms with Gasteiger partial charge in [-0.15, -0.1) is 0 Å². The summed E-state index contributed by atoms with van der Waals surface area (Å²) in [4.78, 5) is 12.6. The van der Waals surface area contributed by atoms with Crippen LogP contribution in [0.1, 0.15) is 55.9 Å². The molecule has 1 aromatic carbocycles. The Morgan fingerprint density at radius 2 is 2.00 bits per heavy atom. The summed E-state index contributed by atoms with van der Waals surface area (Å²) in [5.74, 6) is 1.08. The van der Waals surface area contributed by atoms with Gasteiger partial charge in [0.05, 0.1) is 10.6 Å². The number of rotatable bonds is 2. The quantitative estimate of drug-likeness (QED) is 0.866. The van der Waals surface area contributed by atoms with Crippen LogP contribution in [-0.2, 0) is 13.5 Å². The Morgan fingerprint density at radius 1 is 1.31 bits per heavy atom. The summed E-state index contributed by atoms with van der Waals surface area (Å²) in [6.45, 7) is 10.1. The summed E-state index contributed by atoms with van der Waals surface area (Å²) in [5.41, 5.74) is 3.10. The molecule has 2 N–H and O–H groups in total. The van der Waals surface area contributed by atoms with E-state index in [1.54, 1.807) is 7.05 Å². The second-order valence-corrected chi connectivity index (χ2v) is 7.74. The van der Waals surface area contributed by atoms with Gasteiger partial charge in [0, 0.05) is 18.2 Å². The molecule has 0 unspecified atom stereocenters. The maximum atomic E-state index is 12.6. The molecule has 0 radical (unpaired) electrons. The fraction of sp³-hybridized carbons (Fsp3) is 0.476. The molecule has 0 bridgehead atoms. The van der Waals surface area contributed by atoms with Crippen LogP contribution in [0.25, 0.3) is 12.2 Å². The number of benzene rings is 1. The number of phenolic OH excluding ortho intramolecular Hbond substituents is 1. The van der Waals surface area contributed by atoms with Crippen molar-refractivity contribution in [2.24, 2.45) is 7.05 Å². The summed E-state index contributed by atoms with van der Waals surface area (Å²) in [6.07, 6.45) is 6.28. The number of phenols is 1. The van der Waals surface area contributed by atoms with Gasteiger partial charge in [-0.3, -0.25) is 14.6 Å². The number of aromatic hydroxyl groups is 1. The Morgan fingerprint density at radius 3 is 2.65 bits per heavy atom. The molecule has 5 heteroatoms. The molecule has 1 aliphatic heterocycles. The van der Waals surface area contributed by atoms with Gasteiger partial charge < -0.3 is 9.84 Å².